The fourth-order valence-corrected chi connectivity index (χ4v) is 3.50. The van der Waals surface area contributed by atoms with Crippen LogP contribution in [-0.4, -0.2) is 10.5 Å². The molecular weight excluding hydrogens is 324 g/mol. The highest BCUT2D eigenvalue weighted by molar-refractivity contribution is 7.12. The SMILES string of the molecule is Cc1csc(=Nc2ccc(Cl)cc2)n1C(=O)c1cccs1. The van der Waals surface area contributed by atoms with Gasteiger partial charge >= 0.3 is 0 Å². The number of thiazole rings is 1. The molecule has 0 saturated carbocycles. The van der Waals surface area contributed by atoms with Gasteiger partial charge in [0.25, 0.3) is 5.91 Å². The summed E-state index contributed by atoms with van der Waals surface area (Å²) < 4.78 is 1.64. The number of aryl methyl sites for hydroxylation is 1. The maximum absolute atomic E-state index is 12.6. The van der Waals surface area contributed by atoms with E-state index in [2.05, 4.69) is 4.99 Å². The Labute approximate surface area is 134 Å². The van der Waals surface area contributed by atoms with Gasteiger partial charge < -0.3 is 0 Å². The zero-order valence-electron chi connectivity index (χ0n) is 11.1. The highest BCUT2D eigenvalue weighted by Crippen LogP contribution is 2.17. The lowest BCUT2D eigenvalue weighted by Crippen LogP contribution is -2.23. The van der Waals surface area contributed by atoms with Crippen LogP contribution in [0.1, 0.15) is 15.4 Å². The molecular formula is C15H11ClN2OS2. The lowest BCUT2D eigenvalue weighted by Gasteiger charge is -2.02. The molecule has 1 aromatic carbocycles. The monoisotopic (exact) mass is 334 g/mol. The fraction of sp³-hybridized carbons (Fsp3) is 0.0667. The van der Waals surface area contributed by atoms with Crippen LogP contribution in [0.4, 0.5) is 5.69 Å². The Morgan fingerprint density at radius 3 is 2.62 bits per heavy atom. The first-order valence-corrected chi connectivity index (χ1v) is 8.34. The molecule has 2 aromatic heterocycles. The van der Waals surface area contributed by atoms with E-state index in [0.29, 0.717) is 14.7 Å². The average Bonchev–Trinajstić information content (AvgIpc) is 3.11. The number of carbonyl (C=O) groups is 1. The van der Waals surface area contributed by atoms with Gasteiger partial charge in [0.15, 0.2) is 4.80 Å². The van der Waals surface area contributed by atoms with E-state index in [4.69, 9.17) is 11.6 Å². The maximum Gasteiger partial charge on any atom is 0.274 e. The van der Waals surface area contributed by atoms with Crippen LogP contribution >= 0.6 is 34.3 Å². The van der Waals surface area contributed by atoms with E-state index in [1.165, 1.54) is 22.7 Å². The molecule has 0 aliphatic heterocycles. The molecule has 0 bridgehead atoms. The number of rotatable bonds is 2. The average molecular weight is 335 g/mol. The van der Waals surface area contributed by atoms with Gasteiger partial charge in [0.1, 0.15) is 0 Å². The highest BCUT2D eigenvalue weighted by Gasteiger charge is 2.13. The van der Waals surface area contributed by atoms with Gasteiger partial charge in [0.05, 0.1) is 10.6 Å². The van der Waals surface area contributed by atoms with Gasteiger partial charge in [0, 0.05) is 16.1 Å². The van der Waals surface area contributed by atoms with Gasteiger partial charge in [-0.1, -0.05) is 17.7 Å². The summed E-state index contributed by atoms with van der Waals surface area (Å²) in [6.07, 6.45) is 0. The van der Waals surface area contributed by atoms with E-state index in [9.17, 15) is 4.79 Å². The van der Waals surface area contributed by atoms with Gasteiger partial charge in [-0.05, 0) is 42.6 Å². The largest absolute Gasteiger partial charge is 0.274 e. The minimum Gasteiger partial charge on any atom is -0.267 e. The quantitative estimate of drug-likeness (QED) is 0.679. The molecule has 0 unspecified atom stereocenters. The normalized spacial score (nSPS) is 11.8. The first-order valence-electron chi connectivity index (χ1n) is 6.21. The summed E-state index contributed by atoms with van der Waals surface area (Å²) in [5.74, 6) is -0.0449. The second-order valence-electron chi connectivity index (χ2n) is 4.37. The molecule has 0 spiro atoms. The standard InChI is InChI=1S/C15H11ClN2OS2/c1-10-9-21-15(17-12-6-4-11(16)5-7-12)18(10)14(19)13-3-2-8-20-13/h2-9H,1H3. The molecule has 106 valence electrons. The summed E-state index contributed by atoms with van der Waals surface area (Å²) in [4.78, 5) is 18.5. The lowest BCUT2D eigenvalue weighted by atomic mass is 10.3. The van der Waals surface area contributed by atoms with Crippen LogP contribution in [0.2, 0.25) is 5.02 Å². The van der Waals surface area contributed by atoms with E-state index in [1.54, 1.807) is 16.7 Å². The van der Waals surface area contributed by atoms with Crippen molar-refractivity contribution in [2.45, 2.75) is 6.92 Å². The molecule has 0 radical (unpaired) electrons. The smallest absolute Gasteiger partial charge is 0.267 e. The maximum atomic E-state index is 12.6. The van der Waals surface area contributed by atoms with Crippen LogP contribution in [0.25, 0.3) is 0 Å². The topological polar surface area (TPSA) is 34.4 Å². The van der Waals surface area contributed by atoms with Crippen molar-refractivity contribution in [1.29, 1.82) is 0 Å². The van der Waals surface area contributed by atoms with Crippen molar-refractivity contribution >= 4 is 45.9 Å². The van der Waals surface area contributed by atoms with Crippen molar-refractivity contribution < 1.29 is 4.79 Å². The number of nitrogens with zero attached hydrogens (tertiary/aromatic N) is 2. The Hall–Kier alpha value is -1.69. The summed E-state index contributed by atoms with van der Waals surface area (Å²) in [6.45, 7) is 1.91. The predicted octanol–water partition coefficient (Wildman–Crippen LogP) is 4.49. The van der Waals surface area contributed by atoms with E-state index >= 15 is 0 Å². The number of aromatic nitrogens is 1. The third kappa shape index (κ3) is 3.00. The minimum atomic E-state index is -0.0449. The summed E-state index contributed by atoms with van der Waals surface area (Å²) in [5.41, 5.74) is 1.65. The number of carbonyl (C=O) groups excluding carboxylic acids is 1. The van der Waals surface area contributed by atoms with Crippen molar-refractivity contribution in [1.82, 2.24) is 4.57 Å². The van der Waals surface area contributed by atoms with Crippen LogP contribution in [0.3, 0.4) is 0 Å². The summed E-state index contributed by atoms with van der Waals surface area (Å²) >= 11 is 8.75. The molecule has 3 aromatic rings. The Kier molecular flexibility index (Phi) is 4.05. The van der Waals surface area contributed by atoms with E-state index in [1.807, 2.05) is 41.9 Å². The van der Waals surface area contributed by atoms with Crippen LogP contribution in [0.15, 0.2) is 52.2 Å². The third-order valence-corrected chi connectivity index (χ3v) is 4.92. The molecule has 0 N–H and O–H groups in total. The number of benzene rings is 1. The summed E-state index contributed by atoms with van der Waals surface area (Å²) in [7, 11) is 0. The molecule has 0 aliphatic carbocycles. The third-order valence-electron chi connectivity index (χ3n) is 2.87. The van der Waals surface area contributed by atoms with Crippen LogP contribution in [0, 0.1) is 6.92 Å². The molecule has 0 atom stereocenters. The van der Waals surface area contributed by atoms with E-state index < -0.39 is 0 Å². The second kappa shape index (κ2) is 5.97. The molecule has 3 nitrogen and oxygen atoms in total. The molecule has 0 aliphatic rings. The van der Waals surface area contributed by atoms with Crippen LogP contribution in [-0.2, 0) is 0 Å². The number of hydrogen-bond acceptors (Lipinski definition) is 4. The van der Waals surface area contributed by atoms with Gasteiger partial charge in [-0.3, -0.25) is 9.36 Å². The van der Waals surface area contributed by atoms with Crippen molar-refractivity contribution in [3.63, 3.8) is 0 Å². The second-order valence-corrected chi connectivity index (χ2v) is 6.59. The molecule has 21 heavy (non-hydrogen) atoms. The van der Waals surface area contributed by atoms with E-state index in [0.717, 1.165) is 11.4 Å². The molecule has 3 rings (SSSR count). The van der Waals surface area contributed by atoms with Gasteiger partial charge in [-0.15, -0.1) is 22.7 Å². The van der Waals surface area contributed by atoms with Crippen LogP contribution in [0.5, 0.6) is 0 Å². The van der Waals surface area contributed by atoms with E-state index in [-0.39, 0.29) is 5.91 Å². The summed E-state index contributed by atoms with van der Waals surface area (Å²) in [5, 5.41) is 4.49. The van der Waals surface area contributed by atoms with Gasteiger partial charge in [-0.2, -0.15) is 0 Å². The number of hydrogen-bond donors (Lipinski definition) is 0. The van der Waals surface area contributed by atoms with Crippen molar-refractivity contribution in [3.05, 3.63) is 67.6 Å². The first kappa shape index (κ1) is 14.3. The Morgan fingerprint density at radius 2 is 1.95 bits per heavy atom. The molecule has 6 heteroatoms. The Morgan fingerprint density at radius 1 is 1.19 bits per heavy atom. The van der Waals surface area contributed by atoms with Crippen molar-refractivity contribution in [2.24, 2.45) is 4.99 Å². The molecule has 2 heterocycles. The predicted molar refractivity (Wildman–Crippen MR) is 87.8 cm³/mol. The highest BCUT2D eigenvalue weighted by atomic mass is 35.5. The zero-order chi connectivity index (χ0) is 14.8. The molecule has 0 amide bonds. The first-order chi connectivity index (χ1) is 10.1. The zero-order valence-corrected chi connectivity index (χ0v) is 13.5. The lowest BCUT2D eigenvalue weighted by molar-refractivity contribution is 0.0959. The molecule has 0 saturated heterocycles. The molecule has 0 fully saturated rings. The van der Waals surface area contributed by atoms with Crippen LogP contribution < -0.4 is 4.80 Å². The fourth-order valence-electron chi connectivity index (χ4n) is 1.85. The number of thiophene rings is 1. The van der Waals surface area contributed by atoms with Crippen molar-refractivity contribution in [3.8, 4) is 0 Å². The van der Waals surface area contributed by atoms with Gasteiger partial charge in [0.2, 0.25) is 0 Å². The Bertz CT molecular complexity index is 829. The van der Waals surface area contributed by atoms with Crippen molar-refractivity contribution in [2.75, 3.05) is 0 Å². The van der Waals surface area contributed by atoms with Gasteiger partial charge in [-0.25, -0.2) is 4.99 Å². The minimum absolute atomic E-state index is 0.0449. The summed E-state index contributed by atoms with van der Waals surface area (Å²) in [6, 6.07) is 10.9. The number of halogens is 1. The Balaban J connectivity index is 2.09.